The minimum Gasteiger partial charge on any atom is -0.325 e. The molecule has 1 aromatic carbocycles. The van der Waals surface area contributed by atoms with Crippen molar-refractivity contribution in [3.63, 3.8) is 0 Å². The molecule has 0 saturated heterocycles. The topological polar surface area (TPSA) is 78.5 Å². The molecule has 0 aromatic heterocycles. The van der Waals surface area contributed by atoms with Crippen molar-refractivity contribution in [3.05, 3.63) is 22.7 Å². The third-order valence-corrected chi connectivity index (χ3v) is 5.47. The molecule has 1 heterocycles. The van der Waals surface area contributed by atoms with Crippen LogP contribution in [0.15, 0.2) is 17.0 Å². The van der Waals surface area contributed by atoms with Crippen molar-refractivity contribution in [2.24, 2.45) is 0 Å². The number of anilines is 1. The van der Waals surface area contributed by atoms with Crippen molar-refractivity contribution in [1.29, 1.82) is 0 Å². The molecule has 0 unspecified atom stereocenters. The van der Waals surface area contributed by atoms with Gasteiger partial charge >= 0.3 is 0 Å². The second-order valence-corrected chi connectivity index (χ2v) is 7.02. The van der Waals surface area contributed by atoms with Crippen molar-refractivity contribution < 1.29 is 13.2 Å². The molecule has 0 bridgehead atoms. The number of nitrogens with zero attached hydrogens (tertiary/aromatic N) is 1. The van der Waals surface area contributed by atoms with E-state index in [-0.39, 0.29) is 22.2 Å². The predicted molar refractivity (Wildman–Crippen MR) is 77.5 cm³/mol. The first-order valence-electron chi connectivity index (χ1n) is 6.09. The van der Waals surface area contributed by atoms with Crippen molar-refractivity contribution in [3.8, 4) is 0 Å². The van der Waals surface area contributed by atoms with Crippen LogP contribution in [0.4, 0.5) is 5.69 Å². The molecule has 20 heavy (non-hydrogen) atoms. The van der Waals surface area contributed by atoms with E-state index in [1.165, 1.54) is 23.5 Å². The van der Waals surface area contributed by atoms with Gasteiger partial charge in [-0.2, -0.15) is 4.31 Å². The van der Waals surface area contributed by atoms with Gasteiger partial charge in [0.1, 0.15) is 4.90 Å². The molecule has 1 aliphatic heterocycles. The van der Waals surface area contributed by atoms with E-state index in [0.717, 1.165) is 0 Å². The van der Waals surface area contributed by atoms with Crippen LogP contribution in [0.3, 0.4) is 0 Å². The molecule has 2 N–H and O–H groups in total. The van der Waals surface area contributed by atoms with E-state index in [1.807, 2.05) is 0 Å². The van der Waals surface area contributed by atoms with Gasteiger partial charge in [-0.15, -0.1) is 0 Å². The normalized spacial score (nSPS) is 14.5. The Morgan fingerprint density at radius 3 is 2.80 bits per heavy atom. The first kappa shape index (κ1) is 15.2. The summed E-state index contributed by atoms with van der Waals surface area (Å²) in [6.45, 7) is 0.877. The fourth-order valence-corrected chi connectivity index (χ4v) is 3.70. The minimum absolute atomic E-state index is 0.0352. The number of likely N-dealkylation sites (N-methyl/N-ethyl adjacent to an activating group) is 2. The number of benzene rings is 1. The van der Waals surface area contributed by atoms with Crippen molar-refractivity contribution in [2.75, 3.05) is 32.5 Å². The van der Waals surface area contributed by atoms with Gasteiger partial charge in [-0.05, 0) is 24.7 Å². The SMILES string of the molecule is CNCCN(C)S(=O)(=O)c1cc2c(cc1Cl)NC(=O)C2. The lowest BCUT2D eigenvalue weighted by molar-refractivity contribution is -0.115. The summed E-state index contributed by atoms with van der Waals surface area (Å²) in [5.41, 5.74) is 1.23. The molecule has 8 heteroatoms. The van der Waals surface area contributed by atoms with E-state index in [9.17, 15) is 13.2 Å². The summed E-state index contributed by atoms with van der Waals surface area (Å²) in [6.07, 6.45) is 0.176. The van der Waals surface area contributed by atoms with Gasteiger partial charge in [-0.3, -0.25) is 4.79 Å². The molecule has 110 valence electrons. The highest BCUT2D eigenvalue weighted by atomic mass is 35.5. The van der Waals surface area contributed by atoms with Crippen LogP contribution < -0.4 is 10.6 Å². The Bertz CT molecular complexity index is 646. The molecule has 0 fully saturated rings. The number of hydrogen-bond donors (Lipinski definition) is 2. The third-order valence-electron chi connectivity index (χ3n) is 3.15. The summed E-state index contributed by atoms with van der Waals surface area (Å²) in [4.78, 5) is 11.4. The zero-order valence-electron chi connectivity index (χ0n) is 11.2. The molecule has 0 radical (unpaired) electrons. The molecule has 6 nitrogen and oxygen atoms in total. The number of hydrogen-bond acceptors (Lipinski definition) is 4. The summed E-state index contributed by atoms with van der Waals surface area (Å²) in [7, 11) is -0.409. The number of rotatable bonds is 5. The number of carbonyl (C=O) groups excluding carboxylic acids is 1. The second-order valence-electron chi connectivity index (χ2n) is 4.59. The Kier molecular flexibility index (Phi) is 4.33. The van der Waals surface area contributed by atoms with Gasteiger partial charge in [0.25, 0.3) is 0 Å². The van der Waals surface area contributed by atoms with Crippen LogP contribution in [-0.2, 0) is 21.2 Å². The van der Waals surface area contributed by atoms with Crippen LogP contribution >= 0.6 is 11.6 Å². The Morgan fingerprint density at radius 1 is 1.45 bits per heavy atom. The highest BCUT2D eigenvalue weighted by molar-refractivity contribution is 7.89. The maximum absolute atomic E-state index is 12.4. The van der Waals surface area contributed by atoms with Crippen LogP contribution in [-0.4, -0.2) is 45.8 Å². The fourth-order valence-electron chi connectivity index (χ4n) is 1.98. The predicted octanol–water partition coefficient (Wildman–Crippen LogP) is 0.674. The molecule has 0 spiro atoms. The average Bonchev–Trinajstić information content (AvgIpc) is 2.73. The lowest BCUT2D eigenvalue weighted by Gasteiger charge is -2.18. The van der Waals surface area contributed by atoms with Crippen molar-refractivity contribution >= 4 is 33.2 Å². The third kappa shape index (κ3) is 2.80. The van der Waals surface area contributed by atoms with Crippen LogP contribution in [0, 0.1) is 0 Å². The largest absolute Gasteiger partial charge is 0.325 e. The first-order chi connectivity index (χ1) is 9.36. The maximum Gasteiger partial charge on any atom is 0.244 e. The Balaban J connectivity index is 2.38. The summed E-state index contributed by atoms with van der Waals surface area (Å²) in [5.74, 6) is -0.158. The van der Waals surface area contributed by atoms with Gasteiger partial charge in [0.05, 0.1) is 11.4 Å². The lowest BCUT2D eigenvalue weighted by Crippen LogP contribution is -2.33. The number of carbonyl (C=O) groups is 1. The van der Waals surface area contributed by atoms with E-state index in [2.05, 4.69) is 10.6 Å². The average molecular weight is 318 g/mol. The fraction of sp³-hybridized carbons (Fsp3) is 0.417. The quantitative estimate of drug-likeness (QED) is 0.837. The van der Waals surface area contributed by atoms with E-state index in [0.29, 0.717) is 24.3 Å². The molecule has 0 saturated carbocycles. The second kappa shape index (κ2) is 5.69. The highest BCUT2D eigenvalue weighted by Gasteiger charge is 2.27. The molecule has 0 aliphatic carbocycles. The zero-order valence-corrected chi connectivity index (χ0v) is 12.8. The Labute approximate surface area is 123 Å². The van der Waals surface area contributed by atoms with E-state index < -0.39 is 10.0 Å². The van der Waals surface area contributed by atoms with Crippen molar-refractivity contribution in [1.82, 2.24) is 9.62 Å². The number of halogens is 1. The molecular formula is C12H16ClN3O3S. The van der Waals surface area contributed by atoms with Gasteiger partial charge < -0.3 is 10.6 Å². The summed E-state index contributed by atoms with van der Waals surface area (Å²) >= 11 is 6.05. The maximum atomic E-state index is 12.4. The molecule has 1 amide bonds. The molecule has 2 rings (SSSR count). The highest BCUT2D eigenvalue weighted by Crippen LogP contribution is 2.33. The van der Waals surface area contributed by atoms with Gasteiger partial charge in [0.15, 0.2) is 0 Å². The Morgan fingerprint density at radius 2 is 2.15 bits per heavy atom. The van der Waals surface area contributed by atoms with E-state index in [1.54, 1.807) is 7.05 Å². The van der Waals surface area contributed by atoms with Gasteiger partial charge in [0.2, 0.25) is 15.9 Å². The number of sulfonamides is 1. The standard InChI is InChI=1S/C12H16ClN3O3S/c1-14-3-4-16(2)20(18,19)11-5-8-6-12(17)15-10(8)7-9(11)13/h5,7,14H,3-4,6H2,1-2H3,(H,15,17). The van der Waals surface area contributed by atoms with Crippen LogP contribution in [0.1, 0.15) is 5.56 Å². The molecular weight excluding hydrogens is 302 g/mol. The van der Waals surface area contributed by atoms with Crippen LogP contribution in [0.25, 0.3) is 0 Å². The Hall–Kier alpha value is -1.15. The molecule has 1 aliphatic rings. The summed E-state index contributed by atoms with van der Waals surface area (Å²) in [6, 6.07) is 2.96. The summed E-state index contributed by atoms with van der Waals surface area (Å²) < 4.78 is 26.1. The van der Waals surface area contributed by atoms with Crippen molar-refractivity contribution in [2.45, 2.75) is 11.3 Å². The number of fused-ring (bicyclic) bond motifs is 1. The number of amides is 1. The van der Waals surface area contributed by atoms with Gasteiger partial charge in [-0.1, -0.05) is 11.6 Å². The van der Waals surface area contributed by atoms with E-state index in [4.69, 9.17) is 11.6 Å². The monoisotopic (exact) mass is 317 g/mol. The van der Waals surface area contributed by atoms with Gasteiger partial charge in [-0.25, -0.2) is 8.42 Å². The van der Waals surface area contributed by atoms with E-state index >= 15 is 0 Å². The van der Waals surface area contributed by atoms with Crippen LogP contribution in [0.2, 0.25) is 5.02 Å². The lowest BCUT2D eigenvalue weighted by atomic mass is 10.2. The minimum atomic E-state index is -3.66. The first-order valence-corrected chi connectivity index (χ1v) is 7.91. The molecule has 0 atom stereocenters. The number of nitrogens with one attached hydrogen (secondary N) is 2. The summed E-state index contributed by atoms with van der Waals surface area (Å²) in [5, 5.41) is 5.64. The molecule has 1 aromatic rings. The smallest absolute Gasteiger partial charge is 0.244 e. The van der Waals surface area contributed by atoms with Gasteiger partial charge in [0, 0.05) is 25.8 Å². The van der Waals surface area contributed by atoms with Crippen LogP contribution in [0.5, 0.6) is 0 Å². The zero-order chi connectivity index (χ0) is 14.9.